The van der Waals surface area contributed by atoms with Gasteiger partial charge in [-0.05, 0) is 31.9 Å². The number of hydrogen-bond acceptors (Lipinski definition) is 3. The van der Waals surface area contributed by atoms with E-state index in [4.69, 9.17) is 11.6 Å². The number of aliphatic hydroxyl groups excluding tert-OH is 1. The zero-order chi connectivity index (χ0) is 13.0. The predicted octanol–water partition coefficient (Wildman–Crippen LogP) is 2.86. The molecule has 1 aliphatic heterocycles. The molecule has 0 saturated carbocycles. The Morgan fingerprint density at radius 1 is 1.56 bits per heavy atom. The second-order valence-electron chi connectivity index (χ2n) is 4.96. The summed E-state index contributed by atoms with van der Waals surface area (Å²) in [6.45, 7) is 3.86. The molecule has 0 aromatic carbocycles. The Bertz CT molecular complexity index is 386. The lowest BCUT2D eigenvalue weighted by Gasteiger charge is -2.38. The largest absolute Gasteiger partial charge is 0.392 e. The molecule has 1 fully saturated rings. The number of hydrogen-bond donors (Lipinski definition) is 1. The third-order valence-corrected chi connectivity index (χ3v) is 4.08. The molecule has 4 heteroatoms. The van der Waals surface area contributed by atoms with Crippen LogP contribution in [-0.2, 0) is 6.54 Å². The smallest absolute Gasteiger partial charge is 0.133 e. The van der Waals surface area contributed by atoms with Crippen molar-refractivity contribution in [3.05, 3.63) is 29.0 Å². The summed E-state index contributed by atoms with van der Waals surface area (Å²) >= 11 is 6.10. The molecule has 0 spiro atoms. The summed E-state index contributed by atoms with van der Waals surface area (Å²) in [6.07, 6.45) is 5.76. The summed E-state index contributed by atoms with van der Waals surface area (Å²) in [6, 6.07) is 4.19. The lowest BCUT2D eigenvalue weighted by atomic mass is 9.95. The molecule has 0 aliphatic carbocycles. The highest BCUT2D eigenvalue weighted by molar-refractivity contribution is 6.30. The minimum absolute atomic E-state index is 0.235. The molecular weight excluding hydrogens is 248 g/mol. The van der Waals surface area contributed by atoms with Crippen molar-refractivity contribution in [3.63, 3.8) is 0 Å². The number of aliphatic hydroxyl groups is 1. The van der Waals surface area contributed by atoms with Gasteiger partial charge in [-0.1, -0.05) is 31.0 Å². The van der Waals surface area contributed by atoms with Gasteiger partial charge in [0.15, 0.2) is 0 Å². The normalized spacial score (nSPS) is 22.9. The fraction of sp³-hybridized carbons (Fsp3) is 0.643. The summed E-state index contributed by atoms with van der Waals surface area (Å²) in [4.78, 5) is 6.46. The molecule has 2 unspecified atom stereocenters. The van der Waals surface area contributed by atoms with Crippen molar-refractivity contribution in [1.82, 2.24) is 9.88 Å². The van der Waals surface area contributed by atoms with Crippen LogP contribution < -0.4 is 0 Å². The summed E-state index contributed by atoms with van der Waals surface area (Å²) < 4.78 is 0. The van der Waals surface area contributed by atoms with Gasteiger partial charge in [-0.25, -0.2) is 4.98 Å². The Balaban J connectivity index is 2.08. The van der Waals surface area contributed by atoms with Gasteiger partial charge >= 0.3 is 0 Å². The summed E-state index contributed by atoms with van der Waals surface area (Å²) in [7, 11) is 0. The minimum Gasteiger partial charge on any atom is -0.392 e. The van der Waals surface area contributed by atoms with E-state index in [1.807, 2.05) is 19.1 Å². The summed E-state index contributed by atoms with van der Waals surface area (Å²) in [5, 5.41) is 10.7. The van der Waals surface area contributed by atoms with Crippen molar-refractivity contribution in [2.24, 2.45) is 0 Å². The average Bonchev–Trinajstić information content (AvgIpc) is 2.41. The topological polar surface area (TPSA) is 36.4 Å². The van der Waals surface area contributed by atoms with Crippen LogP contribution in [0.25, 0.3) is 0 Å². The molecule has 0 amide bonds. The second kappa shape index (κ2) is 6.50. The lowest BCUT2D eigenvalue weighted by molar-refractivity contribution is 0.0195. The van der Waals surface area contributed by atoms with Gasteiger partial charge in [-0.2, -0.15) is 0 Å². The van der Waals surface area contributed by atoms with Gasteiger partial charge in [-0.15, -0.1) is 0 Å². The van der Waals surface area contributed by atoms with Gasteiger partial charge < -0.3 is 5.11 Å². The van der Waals surface area contributed by atoms with E-state index in [0.29, 0.717) is 5.15 Å². The van der Waals surface area contributed by atoms with Crippen molar-refractivity contribution in [2.75, 3.05) is 6.54 Å². The Morgan fingerprint density at radius 2 is 2.39 bits per heavy atom. The first-order chi connectivity index (χ1) is 8.72. The van der Waals surface area contributed by atoms with E-state index >= 15 is 0 Å². The number of nitrogens with zero attached hydrogens (tertiary/aromatic N) is 2. The quantitative estimate of drug-likeness (QED) is 0.853. The van der Waals surface area contributed by atoms with Crippen LogP contribution in [0.1, 0.15) is 38.2 Å². The number of rotatable bonds is 4. The highest BCUT2D eigenvalue weighted by Crippen LogP contribution is 2.24. The van der Waals surface area contributed by atoms with Crippen molar-refractivity contribution in [3.8, 4) is 0 Å². The Hall–Kier alpha value is -0.640. The summed E-state index contributed by atoms with van der Waals surface area (Å²) in [5.74, 6) is 0. The van der Waals surface area contributed by atoms with Crippen molar-refractivity contribution < 1.29 is 5.11 Å². The van der Waals surface area contributed by atoms with Crippen LogP contribution in [0.3, 0.4) is 0 Å². The molecule has 1 aromatic heterocycles. The average molecular weight is 269 g/mol. The van der Waals surface area contributed by atoms with E-state index in [2.05, 4.69) is 9.88 Å². The standard InChI is InChI=1S/C14H21ClN2O/c1-2-13(18)12-7-3-4-9-17(12)10-11-6-5-8-16-14(11)15/h5-6,8,12-13,18H,2-4,7,9-10H2,1H3. The third kappa shape index (κ3) is 3.22. The molecule has 3 nitrogen and oxygen atoms in total. The van der Waals surface area contributed by atoms with Crippen molar-refractivity contribution in [1.29, 1.82) is 0 Å². The number of likely N-dealkylation sites (tertiary alicyclic amines) is 1. The molecule has 2 rings (SSSR count). The number of piperidine rings is 1. The number of pyridine rings is 1. The molecule has 100 valence electrons. The molecule has 0 bridgehead atoms. The fourth-order valence-corrected chi connectivity index (χ4v) is 2.86. The van der Waals surface area contributed by atoms with Crippen LogP contribution in [0.15, 0.2) is 18.3 Å². The van der Waals surface area contributed by atoms with Crippen LogP contribution in [0.4, 0.5) is 0 Å². The third-order valence-electron chi connectivity index (χ3n) is 3.74. The second-order valence-corrected chi connectivity index (χ2v) is 5.32. The van der Waals surface area contributed by atoms with Crippen LogP contribution in [-0.4, -0.2) is 33.7 Å². The van der Waals surface area contributed by atoms with Gasteiger partial charge in [0.05, 0.1) is 6.10 Å². The monoisotopic (exact) mass is 268 g/mol. The Kier molecular flexibility index (Phi) is 4.98. The molecule has 0 radical (unpaired) electrons. The van der Waals surface area contributed by atoms with Crippen LogP contribution in [0.5, 0.6) is 0 Å². The first-order valence-electron chi connectivity index (χ1n) is 6.74. The zero-order valence-electron chi connectivity index (χ0n) is 10.8. The highest BCUT2D eigenvalue weighted by Gasteiger charge is 2.28. The molecule has 1 saturated heterocycles. The maximum absolute atomic E-state index is 10.1. The van der Waals surface area contributed by atoms with E-state index in [-0.39, 0.29) is 12.1 Å². The van der Waals surface area contributed by atoms with Crippen molar-refractivity contribution >= 4 is 11.6 Å². The van der Waals surface area contributed by atoms with E-state index in [1.165, 1.54) is 12.8 Å². The van der Waals surface area contributed by atoms with Crippen LogP contribution in [0, 0.1) is 0 Å². The fourth-order valence-electron chi connectivity index (χ4n) is 2.68. The Morgan fingerprint density at radius 3 is 3.11 bits per heavy atom. The summed E-state index contributed by atoms with van der Waals surface area (Å²) in [5.41, 5.74) is 1.05. The molecule has 1 aromatic rings. The maximum Gasteiger partial charge on any atom is 0.133 e. The van der Waals surface area contributed by atoms with E-state index in [9.17, 15) is 5.11 Å². The van der Waals surface area contributed by atoms with Gasteiger partial charge in [0, 0.05) is 24.3 Å². The van der Waals surface area contributed by atoms with Crippen LogP contribution in [0.2, 0.25) is 5.15 Å². The SMILES string of the molecule is CCC(O)C1CCCCN1Cc1cccnc1Cl. The lowest BCUT2D eigenvalue weighted by Crippen LogP contribution is -2.46. The molecule has 1 aliphatic rings. The van der Waals surface area contributed by atoms with E-state index in [1.54, 1.807) is 6.20 Å². The molecule has 2 heterocycles. The first kappa shape index (κ1) is 13.8. The maximum atomic E-state index is 10.1. The predicted molar refractivity (Wildman–Crippen MR) is 73.6 cm³/mol. The highest BCUT2D eigenvalue weighted by atomic mass is 35.5. The minimum atomic E-state index is -0.235. The van der Waals surface area contributed by atoms with Crippen molar-refractivity contribution in [2.45, 2.75) is 51.3 Å². The van der Waals surface area contributed by atoms with Gasteiger partial charge in [0.25, 0.3) is 0 Å². The van der Waals surface area contributed by atoms with E-state index < -0.39 is 0 Å². The molecule has 18 heavy (non-hydrogen) atoms. The van der Waals surface area contributed by atoms with Crippen LogP contribution >= 0.6 is 11.6 Å². The number of halogens is 1. The van der Waals surface area contributed by atoms with Gasteiger partial charge in [0.2, 0.25) is 0 Å². The molecule has 1 N–H and O–H groups in total. The zero-order valence-corrected chi connectivity index (χ0v) is 11.6. The number of aromatic nitrogens is 1. The van der Waals surface area contributed by atoms with E-state index in [0.717, 1.165) is 31.5 Å². The Labute approximate surface area is 114 Å². The first-order valence-corrected chi connectivity index (χ1v) is 7.11. The molecular formula is C14H21ClN2O. The van der Waals surface area contributed by atoms with Gasteiger partial charge in [0.1, 0.15) is 5.15 Å². The van der Waals surface area contributed by atoms with Gasteiger partial charge in [-0.3, -0.25) is 4.90 Å². The molecule has 2 atom stereocenters.